The minimum atomic E-state index is 0.645. The fourth-order valence-electron chi connectivity index (χ4n) is 4.32. The molecule has 1 N–H and O–H groups in total. The second kappa shape index (κ2) is 6.97. The zero-order valence-electron chi connectivity index (χ0n) is 13.2. The van der Waals surface area contributed by atoms with Crippen LogP contribution in [0.5, 0.6) is 0 Å². The van der Waals surface area contributed by atoms with Crippen LogP contribution >= 0.6 is 22.6 Å². The number of benzene rings is 1. The summed E-state index contributed by atoms with van der Waals surface area (Å²) >= 11 is 2.38. The van der Waals surface area contributed by atoms with Crippen LogP contribution in [0.4, 0.5) is 0 Å². The summed E-state index contributed by atoms with van der Waals surface area (Å²) in [5.41, 5.74) is 1.48. The van der Waals surface area contributed by atoms with Gasteiger partial charge in [0.25, 0.3) is 0 Å². The molecule has 0 saturated carbocycles. The van der Waals surface area contributed by atoms with Gasteiger partial charge in [0.1, 0.15) is 0 Å². The number of halogens is 1. The quantitative estimate of drug-likeness (QED) is 0.762. The Balaban J connectivity index is 1.68. The van der Waals surface area contributed by atoms with Crippen molar-refractivity contribution in [3.8, 4) is 0 Å². The Morgan fingerprint density at radius 2 is 1.81 bits per heavy atom. The highest BCUT2D eigenvalue weighted by atomic mass is 127. The van der Waals surface area contributed by atoms with Gasteiger partial charge in [-0.1, -0.05) is 19.1 Å². The van der Waals surface area contributed by atoms with Crippen molar-refractivity contribution in [3.05, 3.63) is 33.4 Å². The number of rotatable bonds is 5. The molecule has 0 radical (unpaired) electrons. The van der Waals surface area contributed by atoms with Crippen LogP contribution in [0, 0.1) is 9.49 Å². The van der Waals surface area contributed by atoms with Crippen molar-refractivity contribution in [2.75, 3.05) is 13.6 Å². The minimum absolute atomic E-state index is 0.645. The van der Waals surface area contributed by atoms with E-state index in [0.717, 1.165) is 24.5 Å². The zero-order chi connectivity index (χ0) is 14.8. The van der Waals surface area contributed by atoms with Gasteiger partial charge in [-0.15, -0.1) is 0 Å². The van der Waals surface area contributed by atoms with Crippen LogP contribution in [0.3, 0.4) is 0 Å². The molecular formula is C18H27IN2. The first kappa shape index (κ1) is 15.8. The van der Waals surface area contributed by atoms with Crippen LogP contribution in [-0.2, 0) is 6.42 Å². The number of hydrogen-bond donors (Lipinski definition) is 1. The summed E-state index contributed by atoms with van der Waals surface area (Å²) in [6, 6.07) is 11.4. The Morgan fingerprint density at radius 3 is 2.38 bits per heavy atom. The molecule has 3 atom stereocenters. The van der Waals surface area contributed by atoms with Crippen LogP contribution < -0.4 is 5.32 Å². The average molecular weight is 398 g/mol. The number of piperidine rings is 1. The lowest BCUT2D eigenvalue weighted by atomic mass is 9.82. The third-order valence-electron chi connectivity index (χ3n) is 5.54. The van der Waals surface area contributed by atoms with E-state index < -0.39 is 0 Å². The van der Waals surface area contributed by atoms with Crippen molar-refractivity contribution < 1.29 is 0 Å². The van der Waals surface area contributed by atoms with Crippen LogP contribution in [0.1, 0.15) is 38.2 Å². The normalized spacial score (nSPS) is 30.5. The van der Waals surface area contributed by atoms with Gasteiger partial charge in [0.05, 0.1) is 0 Å². The Kier molecular flexibility index (Phi) is 5.23. The molecule has 2 aliphatic rings. The molecule has 3 heteroatoms. The monoisotopic (exact) mass is 398 g/mol. The molecule has 2 aliphatic heterocycles. The Morgan fingerprint density at radius 1 is 1.19 bits per heavy atom. The van der Waals surface area contributed by atoms with Gasteiger partial charge >= 0.3 is 0 Å². The molecule has 2 heterocycles. The summed E-state index contributed by atoms with van der Waals surface area (Å²) < 4.78 is 1.33. The van der Waals surface area contributed by atoms with Crippen LogP contribution in [0.25, 0.3) is 0 Å². The van der Waals surface area contributed by atoms with Crippen LogP contribution in [0.15, 0.2) is 24.3 Å². The number of nitrogens with zero attached hydrogens (tertiary/aromatic N) is 1. The van der Waals surface area contributed by atoms with Crippen molar-refractivity contribution >= 4 is 22.6 Å². The van der Waals surface area contributed by atoms with Gasteiger partial charge in [-0.25, -0.2) is 0 Å². The number of likely N-dealkylation sites (N-methyl/N-ethyl adjacent to an activating group) is 1. The standard InChI is InChI=1S/C18H27IN2/c1-3-20-18(10-13-4-6-15(19)7-5-13)14-11-16-8-9-17(12-14)21(16)2/h4-7,14,16-18,20H,3,8-12H2,1-2H3. The molecule has 3 unspecified atom stereocenters. The van der Waals surface area contributed by atoms with Crippen LogP contribution in [-0.4, -0.2) is 36.6 Å². The Labute approximate surface area is 142 Å². The van der Waals surface area contributed by atoms with E-state index in [-0.39, 0.29) is 0 Å². The molecule has 2 nitrogen and oxygen atoms in total. The lowest BCUT2D eigenvalue weighted by Crippen LogP contribution is -2.47. The Bertz CT molecular complexity index is 445. The van der Waals surface area contributed by atoms with Gasteiger partial charge in [0.2, 0.25) is 0 Å². The van der Waals surface area contributed by atoms with E-state index in [1.165, 1.54) is 41.2 Å². The lowest BCUT2D eigenvalue weighted by Gasteiger charge is -2.40. The topological polar surface area (TPSA) is 15.3 Å². The summed E-state index contributed by atoms with van der Waals surface area (Å²) in [5, 5.41) is 3.78. The SMILES string of the molecule is CCNC(Cc1ccc(I)cc1)C1CC2CCC(C1)N2C. The van der Waals surface area contributed by atoms with E-state index in [1.54, 1.807) is 0 Å². The van der Waals surface area contributed by atoms with Crippen molar-refractivity contribution in [1.82, 2.24) is 10.2 Å². The largest absolute Gasteiger partial charge is 0.314 e. The molecule has 1 aromatic carbocycles. The number of fused-ring (bicyclic) bond motifs is 2. The van der Waals surface area contributed by atoms with Crippen molar-refractivity contribution in [2.24, 2.45) is 5.92 Å². The summed E-state index contributed by atoms with van der Waals surface area (Å²) in [7, 11) is 2.33. The molecule has 21 heavy (non-hydrogen) atoms. The maximum Gasteiger partial charge on any atom is 0.0137 e. The first-order valence-electron chi connectivity index (χ1n) is 8.37. The number of hydrogen-bond acceptors (Lipinski definition) is 2. The van der Waals surface area contributed by atoms with Crippen molar-refractivity contribution in [2.45, 2.75) is 57.2 Å². The third-order valence-corrected chi connectivity index (χ3v) is 6.26. The second-order valence-corrected chi connectivity index (χ2v) is 8.02. The molecule has 0 aliphatic carbocycles. The lowest BCUT2D eigenvalue weighted by molar-refractivity contribution is 0.112. The van der Waals surface area contributed by atoms with E-state index in [0.29, 0.717) is 6.04 Å². The van der Waals surface area contributed by atoms with E-state index in [1.807, 2.05) is 0 Å². The second-order valence-electron chi connectivity index (χ2n) is 6.78. The maximum atomic E-state index is 3.78. The third kappa shape index (κ3) is 3.62. The smallest absolute Gasteiger partial charge is 0.0137 e. The molecule has 2 fully saturated rings. The highest BCUT2D eigenvalue weighted by Crippen LogP contribution is 2.39. The molecular weight excluding hydrogens is 371 g/mol. The fourth-order valence-corrected chi connectivity index (χ4v) is 4.68. The highest BCUT2D eigenvalue weighted by molar-refractivity contribution is 14.1. The van der Waals surface area contributed by atoms with E-state index in [4.69, 9.17) is 0 Å². The first-order chi connectivity index (χ1) is 10.2. The molecule has 2 saturated heterocycles. The predicted molar refractivity (Wildman–Crippen MR) is 97.6 cm³/mol. The van der Waals surface area contributed by atoms with Gasteiger partial charge in [-0.05, 0) is 91.9 Å². The highest BCUT2D eigenvalue weighted by Gasteiger charge is 2.40. The van der Waals surface area contributed by atoms with Gasteiger partial charge in [-0.2, -0.15) is 0 Å². The molecule has 0 aromatic heterocycles. The minimum Gasteiger partial charge on any atom is -0.314 e. The fraction of sp³-hybridized carbons (Fsp3) is 0.667. The van der Waals surface area contributed by atoms with E-state index in [2.05, 4.69) is 71.0 Å². The van der Waals surface area contributed by atoms with Crippen LogP contribution in [0.2, 0.25) is 0 Å². The van der Waals surface area contributed by atoms with Crippen molar-refractivity contribution in [3.63, 3.8) is 0 Å². The molecule has 1 aromatic rings. The summed E-state index contributed by atoms with van der Waals surface area (Å²) in [6.45, 7) is 3.32. The van der Waals surface area contributed by atoms with Crippen molar-refractivity contribution in [1.29, 1.82) is 0 Å². The zero-order valence-corrected chi connectivity index (χ0v) is 15.3. The Hall–Kier alpha value is -0.130. The summed E-state index contributed by atoms with van der Waals surface area (Å²) in [4.78, 5) is 2.64. The van der Waals surface area contributed by atoms with Gasteiger partial charge in [0.15, 0.2) is 0 Å². The maximum absolute atomic E-state index is 3.78. The van der Waals surface area contributed by atoms with E-state index in [9.17, 15) is 0 Å². The molecule has 0 spiro atoms. The van der Waals surface area contributed by atoms with Gasteiger partial charge < -0.3 is 10.2 Å². The average Bonchev–Trinajstić information content (AvgIpc) is 2.71. The van der Waals surface area contributed by atoms with Gasteiger partial charge in [0, 0.05) is 21.7 Å². The molecule has 116 valence electrons. The molecule has 2 bridgehead atoms. The summed E-state index contributed by atoms with van der Waals surface area (Å²) in [5.74, 6) is 0.845. The predicted octanol–water partition coefficient (Wildman–Crippen LogP) is 3.68. The van der Waals surface area contributed by atoms with Gasteiger partial charge in [-0.3, -0.25) is 0 Å². The summed E-state index contributed by atoms with van der Waals surface area (Å²) in [6.07, 6.45) is 6.78. The first-order valence-corrected chi connectivity index (χ1v) is 9.45. The number of nitrogens with one attached hydrogen (secondary N) is 1. The molecule has 3 rings (SSSR count). The molecule has 0 amide bonds. The van der Waals surface area contributed by atoms with E-state index >= 15 is 0 Å².